The topological polar surface area (TPSA) is 49.7 Å². The number of rotatable bonds is 4. The number of ether oxygens (including phenoxy) is 1. The third kappa shape index (κ3) is 10.2. The quantitative estimate of drug-likeness (QED) is 0.379. The summed E-state index contributed by atoms with van der Waals surface area (Å²) in [6.45, 7) is 0.696. The molecule has 8 heavy (non-hydrogen) atoms. The summed E-state index contributed by atoms with van der Waals surface area (Å²) in [5.74, 6) is 0. The maximum atomic E-state index is 8.09. The van der Waals surface area contributed by atoms with Crippen LogP contribution in [0.25, 0.3) is 0 Å². The van der Waals surface area contributed by atoms with Gasteiger partial charge in [0.1, 0.15) is 0 Å². The van der Waals surface area contributed by atoms with Crippen molar-refractivity contribution in [2.24, 2.45) is 0 Å². The van der Waals surface area contributed by atoms with Gasteiger partial charge in [0.25, 0.3) is 0 Å². The van der Waals surface area contributed by atoms with Crippen molar-refractivity contribution in [2.75, 3.05) is 26.4 Å². The Labute approximate surface area is 78.7 Å². The summed E-state index contributed by atoms with van der Waals surface area (Å²) >= 11 is 0. The van der Waals surface area contributed by atoms with Crippen molar-refractivity contribution in [3.05, 3.63) is 0 Å². The first-order chi connectivity index (χ1) is 3.41. The first-order valence-electron chi connectivity index (χ1n) is 2.21. The van der Waals surface area contributed by atoms with E-state index in [9.17, 15) is 0 Å². The van der Waals surface area contributed by atoms with Crippen molar-refractivity contribution in [1.82, 2.24) is 0 Å². The van der Waals surface area contributed by atoms with Crippen molar-refractivity contribution >= 4 is 37.7 Å². The molecule has 0 spiro atoms. The van der Waals surface area contributed by atoms with Gasteiger partial charge < -0.3 is 14.9 Å². The van der Waals surface area contributed by atoms with Gasteiger partial charge >= 0.3 is 0 Å². The minimum Gasteiger partial charge on any atom is -0.394 e. The van der Waals surface area contributed by atoms with Crippen LogP contribution in [0.4, 0.5) is 0 Å². The van der Waals surface area contributed by atoms with E-state index >= 15 is 0 Å². The number of aliphatic hydroxyl groups is 2. The smallest absolute Gasteiger partial charge is 0.0698 e. The fraction of sp³-hybridized carbons (Fsp3) is 1.00. The minimum absolute atomic E-state index is 0. The van der Waals surface area contributed by atoms with Crippen molar-refractivity contribution in [3.8, 4) is 0 Å². The first-order valence-corrected chi connectivity index (χ1v) is 2.21. The predicted molar refractivity (Wildman–Crippen MR) is 30.7 cm³/mol. The van der Waals surface area contributed by atoms with Crippen molar-refractivity contribution < 1.29 is 14.9 Å². The van der Waals surface area contributed by atoms with Crippen LogP contribution in [0.3, 0.4) is 0 Å². The van der Waals surface area contributed by atoms with Crippen LogP contribution in [0.15, 0.2) is 0 Å². The molecule has 2 radical (unpaired) electrons. The van der Waals surface area contributed by atoms with Gasteiger partial charge in [-0.05, 0) is 0 Å². The molecule has 0 unspecified atom stereocenters. The summed E-state index contributed by atoms with van der Waals surface area (Å²) in [6.07, 6.45) is 0. The van der Waals surface area contributed by atoms with Crippen LogP contribution in [-0.2, 0) is 4.74 Å². The molecule has 0 aromatic rings. The number of hydrogen-bond donors (Lipinski definition) is 2. The molecule has 0 aliphatic carbocycles. The van der Waals surface area contributed by atoms with Gasteiger partial charge in [-0.1, -0.05) is 0 Å². The normalized spacial score (nSPS) is 8.25. The zero-order valence-electron chi connectivity index (χ0n) is 4.84. The second-order valence-electron chi connectivity index (χ2n) is 1.06. The average molecular weight is 146 g/mol. The molecule has 0 saturated heterocycles. The Morgan fingerprint density at radius 3 is 1.62 bits per heavy atom. The zero-order chi connectivity index (χ0) is 5.54. The molecule has 3 nitrogen and oxygen atoms in total. The van der Waals surface area contributed by atoms with Crippen LogP contribution in [0, 0.1) is 0 Å². The maximum absolute atomic E-state index is 8.09. The van der Waals surface area contributed by atoms with E-state index in [1.807, 2.05) is 0 Å². The van der Waals surface area contributed by atoms with Crippen molar-refractivity contribution in [2.45, 2.75) is 0 Å². The first kappa shape index (κ1) is 11.9. The van der Waals surface area contributed by atoms with Gasteiger partial charge in [-0.15, -0.1) is 0 Å². The van der Waals surface area contributed by atoms with E-state index < -0.39 is 0 Å². The van der Waals surface area contributed by atoms with Gasteiger partial charge in [0.2, 0.25) is 0 Å². The molecular formula is C4H10CaO3. The van der Waals surface area contributed by atoms with Crippen LogP contribution in [0.1, 0.15) is 0 Å². The molecule has 4 heteroatoms. The fourth-order valence-corrected chi connectivity index (χ4v) is 0.231. The monoisotopic (exact) mass is 146 g/mol. The Hall–Kier alpha value is 1.14. The Morgan fingerprint density at radius 1 is 1.00 bits per heavy atom. The maximum Gasteiger partial charge on any atom is 0.0698 e. The third-order valence-electron chi connectivity index (χ3n) is 0.471. The molecule has 0 amide bonds. The molecule has 0 rings (SSSR count). The van der Waals surface area contributed by atoms with Gasteiger partial charge in [0.15, 0.2) is 0 Å². The van der Waals surface area contributed by atoms with Crippen LogP contribution in [0.2, 0.25) is 0 Å². The summed E-state index contributed by atoms with van der Waals surface area (Å²) in [7, 11) is 0. The van der Waals surface area contributed by atoms with E-state index in [4.69, 9.17) is 10.2 Å². The summed E-state index contributed by atoms with van der Waals surface area (Å²) in [5.41, 5.74) is 0. The molecule has 0 atom stereocenters. The average Bonchev–Trinajstić information content (AvgIpc) is 1.69. The molecule has 0 saturated carbocycles. The van der Waals surface area contributed by atoms with Gasteiger partial charge in [0, 0.05) is 37.7 Å². The molecular weight excluding hydrogens is 136 g/mol. The minimum atomic E-state index is 0. The van der Waals surface area contributed by atoms with Gasteiger partial charge in [-0.2, -0.15) is 0 Å². The standard InChI is InChI=1S/C4H10O3.Ca/c5-1-3-7-4-2-6;/h5-6H,1-4H2;. The Morgan fingerprint density at radius 2 is 1.38 bits per heavy atom. The van der Waals surface area contributed by atoms with E-state index in [1.54, 1.807) is 0 Å². The van der Waals surface area contributed by atoms with Gasteiger partial charge in [-0.3, -0.25) is 0 Å². The summed E-state index contributed by atoms with van der Waals surface area (Å²) in [5, 5.41) is 16.2. The van der Waals surface area contributed by atoms with Crippen LogP contribution in [0.5, 0.6) is 0 Å². The Bertz CT molecular complexity index is 30.5. The summed E-state index contributed by atoms with van der Waals surface area (Å²) in [4.78, 5) is 0. The molecule has 0 aliphatic rings. The Kier molecular flexibility index (Phi) is 16.3. The summed E-state index contributed by atoms with van der Waals surface area (Å²) < 4.78 is 4.63. The number of hydrogen-bond acceptors (Lipinski definition) is 3. The van der Waals surface area contributed by atoms with Crippen LogP contribution < -0.4 is 0 Å². The van der Waals surface area contributed by atoms with E-state index in [0.717, 1.165) is 0 Å². The fourth-order valence-electron chi connectivity index (χ4n) is 0.231. The molecule has 0 aliphatic heterocycles. The zero-order valence-corrected chi connectivity index (χ0v) is 7.05. The largest absolute Gasteiger partial charge is 0.394 e. The second kappa shape index (κ2) is 11.0. The van der Waals surface area contributed by atoms with E-state index in [2.05, 4.69) is 4.74 Å². The molecule has 0 heterocycles. The number of aliphatic hydroxyl groups excluding tert-OH is 2. The van der Waals surface area contributed by atoms with E-state index in [1.165, 1.54) is 0 Å². The second-order valence-corrected chi connectivity index (χ2v) is 1.06. The molecule has 0 bridgehead atoms. The molecule has 0 fully saturated rings. The van der Waals surface area contributed by atoms with Crippen molar-refractivity contribution in [1.29, 1.82) is 0 Å². The van der Waals surface area contributed by atoms with E-state index in [0.29, 0.717) is 13.2 Å². The molecule has 46 valence electrons. The molecule has 2 N–H and O–H groups in total. The van der Waals surface area contributed by atoms with Crippen LogP contribution in [-0.4, -0.2) is 74.4 Å². The van der Waals surface area contributed by atoms with Gasteiger partial charge in [0.05, 0.1) is 26.4 Å². The van der Waals surface area contributed by atoms with Crippen molar-refractivity contribution in [3.63, 3.8) is 0 Å². The van der Waals surface area contributed by atoms with Gasteiger partial charge in [-0.25, -0.2) is 0 Å². The molecule has 0 aromatic heterocycles. The third-order valence-corrected chi connectivity index (χ3v) is 0.471. The predicted octanol–water partition coefficient (Wildman–Crippen LogP) is -1.39. The molecule has 0 aromatic carbocycles. The summed E-state index contributed by atoms with van der Waals surface area (Å²) in [6, 6.07) is 0. The van der Waals surface area contributed by atoms with E-state index in [-0.39, 0.29) is 51.0 Å². The van der Waals surface area contributed by atoms with Crippen LogP contribution >= 0.6 is 0 Å². The SMILES string of the molecule is OCCOCCO.[Ca]. The Balaban J connectivity index is 0.